The summed E-state index contributed by atoms with van der Waals surface area (Å²) >= 11 is 0. The van der Waals surface area contributed by atoms with Crippen LogP contribution in [0.4, 0.5) is 5.69 Å². The van der Waals surface area contributed by atoms with Gasteiger partial charge in [-0.15, -0.1) is 0 Å². The van der Waals surface area contributed by atoms with Gasteiger partial charge in [-0.1, -0.05) is 50.0 Å². The Bertz CT molecular complexity index is 1060. The molecule has 190 valence electrons. The van der Waals surface area contributed by atoms with Crippen molar-refractivity contribution in [3.63, 3.8) is 0 Å². The predicted octanol–water partition coefficient (Wildman–Crippen LogP) is 6.93. The number of carboxylic acid groups (broad SMARTS) is 1. The average Bonchev–Trinajstić information content (AvgIpc) is 3.54. The Labute approximate surface area is 208 Å². The molecule has 2 fully saturated rings. The number of amides is 1. The van der Waals surface area contributed by atoms with Gasteiger partial charge in [-0.2, -0.15) is 0 Å². The van der Waals surface area contributed by atoms with Crippen molar-refractivity contribution in [3.05, 3.63) is 46.3 Å². The molecular formula is C29H40N2O4. The summed E-state index contributed by atoms with van der Waals surface area (Å²) in [4.78, 5) is 25.1. The third-order valence-electron chi connectivity index (χ3n) is 8.21. The Hall–Kier alpha value is -2.63. The normalized spacial score (nSPS) is 22.2. The highest BCUT2D eigenvalue weighted by molar-refractivity contribution is 5.92. The van der Waals surface area contributed by atoms with E-state index in [-0.39, 0.29) is 12.3 Å². The Morgan fingerprint density at radius 1 is 1.17 bits per heavy atom. The van der Waals surface area contributed by atoms with Gasteiger partial charge in [-0.3, -0.25) is 9.59 Å². The van der Waals surface area contributed by atoms with Gasteiger partial charge in [-0.05, 0) is 75.3 Å². The summed E-state index contributed by atoms with van der Waals surface area (Å²) in [6.07, 6.45) is 6.91. The number of nitrogens with zero attached hydrogens (tertiary/aromatic N) is 1. The van der Waals surface area contributed by atoms with Crippen LogP contribution in [0, 0.1) is 31.6 Å². The second-order valence-corrected chi connectivity index (χ2v) is 11.2. The van der Waals surface area contributed by atoms with Gasteiger partial charge in [0.2, 0.25) is 5.91 Å². The minimum absolute atomic E-state index is 0.0633. The van der Waals surface area contributed by atoms with Crippen LogP contribution in [0.2, 0.25) is 0 Å². The van der Waals surface area contributed by atoms with Crippen LogP contribution in [0.25, 0.3) is 0 Å². The first-order valence-electron chi connectivity index (χ1n) is 13.3. The monoisotopic (exact) mass is 480 g/mol. The van der Waals surface area contributed by atoms with Crippen LogP contribution in [-0.4, -0.2) is 22.1 Å². The highest BCUT2D eigenvalue weighted by Gasteiger charge is 2.43. The highest BCUT2D eigenvalue weighted by Crippen LogP contribution is 2.53. The summed E-state index contributed by atoms with van der Waals surface area (Å²) in [6, 6.07) is 5.88. The fraction of sp³-hybridized carbons (Fsp3) is 0.621. The summed E-state index contributed by atoms with van der Waals surface area (Å²) in [5, 5.41) is 17.3. The summed E-state index contributed by atoms with van der Waals surface area (Å²) < 4.78 is 5.95. The van der Waals surface area contributed by atoms with Gasteiger partial charge in [0.1, 0.15) is 5.76 Å². The number of nitrogens with one attached hydrogen (secondary N) is 1. The number of carbonyl (C=O) groups excluding carboxylic acids is 1. The Morgan fingerprint density at radius 3 is 2.49 bits per heavy atom. The molecule has 0 aliphatic heterocycles. The zero-order valence-electron chi connectivity index (χ0n) is 21.8. The molecule has 2 aliphatic carbocycles. The van der Waals surface area contributed by atoms with Crippen molar-refractivity contribution >= 4 is 17.6 Å². The highest BCUT2D eigenvalue weighted by atomic mass is 16.5. The van der Waals surface area contributed by atoms with E-state index in [4.69, 9.17) is 4.52 Å². The summed E-state index contributed by atoms with van der Waals surface area (Å²) in [6.45, 7) is 10.2. The molecule has 0 radical (unpaired) electrons. The van der Waals surface area contributed by atoms with Crippen LogP contribution < -0.4 is 5.32 Å². The second kappa shape index (κ2) is 10.5. The van der Waals surface area contributed by atoms with Crippen molar-refractivity contribution in [3.8, 4) is 0 Å². The molecule has 4 rings (SSSR count). The van der Waals surface area contributed by atoms with Crippen molar-refractivity contribution in [1.29, 1.82) is 0 Å². The first-order chi connectivity index (χ1) is 16.7. The van der Waals surface area contributed by atoms with Crippen molar-refractivity contribution in [2.24, 2.45) is 17.8 Å². The lowest BCUT2D eigenvalue weighted by atomic mass is 9.68. The van der Waals surface area contributed by atoms with Gasteiger partial charge >= 0.3 is 5.97 Å². The van der Waals surface area contributed by atoms with Crippen LogP contribution in [0.15, 0.2) is 22.7 Å². The second-order valence-electron chi connectivity index (χ2n) is 11.2. The molecule has 2 aromatic rings. The molecule has 0 saturated heterocycles. The van der Waals surface area contributed by atoms with Crippen LogP contribution in [0.5, 0.6) is 0 Å². The number of aromatic nitrogens is 1. The van der Waals surface area contributed by atoms with Crippen molar-refractivity contribution in [2.45, 2.75) is 97.3 Å². The number of carboxylic acids is 1. The van der Waals surface area contributed by atoms with E-state index in [0.29, 0.717) is 17.5 Å². The van der Waals surface area contributed by atoms with E-state index < -0.39 is 17.8 Å². The molecule has 1 amide bonds. The smallest absolute Gasteiger partial charge is 0.306 e. The van der Waals surface area contributed by atoms with E-state index in [2.05, 4.69) is 24.3 Å². The predicted molar refractivity (Wildman–Crippen MR) is 137 cm³/mol. The lowest BCUT2D eigenvalue weighted by molar-refractivity contribution is -0.142. The molecule has 6 heteroatoms. The molecular weight excluding hydrogens is 440 g/mol. The van der Waals surface area contributed by atoms with Crippen LogP contribution in [-0.2, 0) is 9.59 Å². The molecule has 1 aromatic heterocycles. The Morgan fingerprint density at radius 2 is 1.89 bits per heavy atom. The molecule has 3 atom stereocenters. The maximum Gasteiger partial charge on any atom is 0.306 e. The van der Waals surface area contributed by atoms with Gasteiger partial charge in [0, 0.05) is 29.5 Å². The number of hydrogen-bond donors (Lipinski definition) is 2. The number of anilines is 1. The third-order valence-corrected chi connectivity index (χ3v) is 8.21. The van der Waals surface area contributed by atoms with Crippen molar-refractivity contribution in [2.75, 3.05) is 5.32 Å². The zero-order chi connectivity index (χ0) is 25.3. The fourth-order valence-corrected chi connectivity index (χ4v) is 5.58. The molecule has 0 spiro atoms. The Balaban J connectivity index is 1.54. The van der Waals surface area contributed by atoms with Gasteiger partial charge in [0.15, 0.2) is 0 Å². The molecule has 2 N–H and O–H groups in total. The van der Waals surface area contributed by atoms with Crippen LogP contribution in [0.3, 0.4) is 0 Å². The molecule has 1 heterocycles. The van der Waals surface area contributed by atoms with Gasteiger partial charge < -0.3 is 14.9 Å². The Kier molecular flexibility index (Phi) is 7.67. The van der Waals surface area contributed by atoms with E-state index in [1.165, 1.54) is 12.8 Å². The molecule has 35 heavy (non-hydrogen) atoms. The quantitative estimate of drug-likeness (QED) is 0.364. The molecule has 3 unspecified atom stereocenters. The first kappa shape index (κ1) is 25.5. The average molecular weight is 481 g/mol. The van der Waals surface area contributed by atoms with Gasteiger partial charge in [0.25, 0.3) is 0 Å². The van der Waals surface area contributed by atoms with E-state index >= 15 is 0 Å². The van der Waals surface area contributed by atoms with Gasteiger partial charge in [0.05, 0.1) is 11.6 Å². The fourth-order valence-electron chi connectivity index (χ4n) is 5.58. The maximum absolute atomic E-state index is 13.1. The molecule has 2 saturated carbocycles. The summed E-state index contributed by atoms with van der Waals surface area (Å²) in [5.41, 5.74) is 4.67. The number of hydrogen-bond acceptors (Lipinski definition) is 4. The number of carbonyl (C=O) groups is 2. The molecule has 1 aromatic carbocycles. The van der Waals surface area contributed by atoms with E-state index in [9.17, 15) is 14.7 Å². The minimum Gasteiger partial charge on any atom is -0.481 e. The van der Waals surface area contributed by atoms with Gasteiger partial charge in [-0.25, -0.2) is 0 Å². The summed E-state index contributed by atoms with van der Waals surface area (Å²) in [7, 11) is 0. The zero-order valence-corrected chi connectivity index (χ0v) is 21.8. The number of rotatable bonds is 11. The first-order valence-corrected chi connectivity index (χ1v) is 13.3. The van der Waals surface area contributed by atoms with E-state index in [1.807, 2.05) is 32.0 Å². The molecule has 2 aliphatic rings. The number of aryl methyl sites for hydroxylation is 2. The molecule has 0 bridgehead atoms. The van der Waals surface area contributed by atoms with Crippen molar-refractivity contribution in [1.82, 2.24) is 5.16 Å². The third kappa shape index (κ3) is 5.79. The standard InChI is InChI=1S/C29H40N2O4/c1-6-16(2)12-20-13-22(14-20)28-26(21-8-9-21)27(31-35-28)23(19(5)29(33)34)15-25(32)30-24-10-7-17(3)11-18(24)4/h7,10-11,16,19-23H,6,8-9,12-15H2,1-5H3,(H,30,32)(H,33,34). The van der Waals surface area contributed by atoms with Crippen LogP contribution >= 0.6 is 0 Å². The van der Waals surface area contributed by atoms with Crippen molar-refractivity contribution < 1.29 is 19.2 Å². The van der Waals surface area contributed by atoms with E-state index in [0.717, 1.165) is 65.7 Å². The lowest BCUT2D eigenvalue weighted by Gasteiger charge is -2.35. The topological polar surface area (TPSA) is 92.4 Å². The SMILES string of the molecule is CCC(C)CC1CC(c2onc(C(CC(=O)Nc3ccc(C)cc3C)C(C)C(=O)O)c2C2CC2)C1. The molecule has 6 nitrogen and oxygen atoms in total. The largest absolute Gasteiger partial charge is 0.481 e. The minimum atomic E-state index is -0.919. The number of aliphatic carboxylic acids is 1. The van der Waals surface area contributed by atoms with E-state index in [1.54, 1.807) is 6.92 Å². The van der Waals surface area contributed by atoms with Crippen LogP contribution in [0.1, 0.15) is 112 Å². The lowest BCUT2D eigenvalue weighted by Crippen LogP contribution is -2.26. The summed E-state index contributed by atoms with van der Waals surface area (Å²) in [5.74, 6) is 0.795. The maximum atomic E-state index is 13.1. The number of benzene rings is 1.